The van der Waals surface area contributed by atoms with Gasteiger partial charge >= 0.3 is 0 Å². The molecule has 0 aromatic carbocycles. The summed E-state index contributed by atoms with van der Waals surface area (Å²) in [5.41, 5.74) is 0. The fourth-order valence-corrected chi connectivity index (χ4v) is 2.55. The molecule has 0 saturated heterocycles. The standard InChI is InChI=1S/C15H27N7O2.HI/c1-4-7-17-14(23)8-18-15(16-2)19-11-5-6-13-20-12(10-24-3)21-22(13)9-11;/h11H,4-10H2,1-3H3,(H,17,23)(H2,16,18,19);1H. The lowest BCUT2D eigenvalue weighted by molar-refractivity contribution is -0.120. The molecule has 0 fully saturated rings. The van der Waals surface area contributed by atoms with E-state index in [1.165, 1.54) is 0 Å². The van der Waals surface area contributed by atoms with Crippen LogP contribution in [0.3, 0.4) is 0 Å². The Morgan fingerprint density at radius 2 is 2.24 bits per heavy atom. The number of rotatable bonds is 7. The number of nitrogens with zero attached hydrogens (tertiary/aromatic N) is 4. The zero-order valence-electron chi connectivity index (χ0n) is 15.0. The topological polar surface area (TPSA) is 105 Å². The van der Waals surface area contributed by atoms with E-state index in [-0.39, 0.29) is 42.5 Å². The molecule has 142 valence electrons. The molecule has 9 nitrogen and oxygen atoms in total. The Morgan fingerprint density at radius 3 is 2.92 bits per heavy atom. The van der Waals surface area contributed by atoms with Gasteiger partial charge in [0.2, 0.25) is 5.91 Å². The van der Waals surface area contributed by atoms with Crippen LogP contribution in [0.25, 0.3) is 0 Å². The predicted octanol–water partition coefficient (Wildman–Crippen LogP) is 0.0485. The van der Waals surface area contributed by atoms with Crippen LogP contribution in [0.1, 0.15) is 31.4 Å². The highest BCUT2D eigenvalue weighted by Crippen LogP contribution is 2.13. The summed E-state index contributed by atoms with van der Waals surface area (Å²) in [6.07, 6.45) is 2.71. The first-order chi connectivity index (χ1) is 11.7. The molecule has 1 aliphatic rings. The van der Waals surface area contributed by atoms with Gasteiger partial charge in [-0.2, -0.15) is 5.10 Å². The van der Waals surface area contributed by atoms with E-state index >= 15 is 0 Å². The molecule has 25 heavy (non-hydrogen) atoms. The first-order valence-electron chi connectivity index (χ1n) is 8.31. The number of carbonyl (C=O) groups excluding carboxylic acids is 1. The number of ether oxygens (including phenoxy) is 1. The van der Waals surface area contributed by atoms with Gasteiger partial charge in [0.1, 0.15) is 12.4 Å². The average Bonchev–Trinajstić information content (AvgIpc) is 2.98. The Hall–Kier alpha value is -1.43. The molecule has 1 aromatic heterocycles. The number of aryl methyl sites for hydroxylation is 1. The number of fused-ring (bicyclic) bond motifs is 1. The van der Waals surface area contributed by atoms with Crippen LogP contribution in [0.15, 0.2) is 4.99 Å². The number of hydrogen-bond acceptors (Lipinski definition) is 5. The molecule has 0 aliphatic carbocycles. The zero-order chi connectivity index (χ0) is 17.4. The van der Waals surface area contributed by atoms with Gasteiger partial charge < -0.3 is 20.7 Å². The van der Waals surface area contributed by atoms with E-state index in [0.717, 1.165) is 31.6 Å². The third-order valence-corrected chi connectivity index (χ3v) is 3.73. The fraction of sp³-hybridized carbons (Fsp3) is 0.733. The Balaban J connectivity index is 0.00000312. The lowest BCUT2D eigenvalue weighted by Gasteiger charge is -2.25. The Morgan fingerprint density at radius 1 is 1.44 bits per heavy atom. The molecule has 0 saturated carbocycles. The summed E-state index contributed by atoms with van der Waals surface area (Å²) < 4.78 is 6.99. The number of hydrogen-bond donors (Lipinski definition) is 3. The van der Waals surface area contributed by atoms with Crippen molar-refractivity contribution in [3.05, 3.63) is 11.6 Å². The van der Waals surface area contributed by atoms with Crippen molar-refractivity contribution in [1.29, 1.82) is 0 Å². The minimum Gasteiger partial charge on any atom is -0.377 e. The van der Waals surface area contributed by atoms with E-state index < -0.39 is 0 Å². The van der Waals surface area contributed by atoms with Crippen LogP contribution in [-0.2, 0) is 29.1 Å². The van der Waals surface area contributed by atoms with Gasteiger partial charge in [-0.3, -0.25) is 9.79 Å². The Kier molecular flexibility index (Phi) is 9.71. The minimum atomic E-state index is -0.0359. The smallest absolute Gasteiger partial charge is 0.239 e. The summed E-state index contributed by atoms with van der Waals surface area (Å²) in [4.78, 5) is 20.3. The van der Waals surface area contributed by atoms with Crippen molar-refractivity contribution in [2.24, 2.45) is 4.99 Å². The number of nitrogens with one attached hydrogen (secondary N) is 3. The van der Waals surface area contributed by atoms with Crippen LogP contribution >= 0.6 is 24.0 Å². The summed E-state index contributed by atoms with van der Waals surface area (Å²) in [5, 5.41) is 13.6. The second kappa shape index (κ2) is 11.2. The van der Waals surface area contributed by atoms with Crippen LogP contribution in [0.4, 0.5) is 0 Å². The molecule has 0 radical (unpaired) electrons. The molecule has 1 aliphatic heterocycles. The predicted molar refractivity (Wildman–Crippen MR) is 106 cm³/mol. The van der Waals surface area contributed by atoms with E-state index in [2.05, 4.69) is 31.0 Å². The molecular weight excluding hydrogens is 437 g/mol. The molecular formula is C15H28IN7O2. The van der Waals surface area contributed by atoms with Gasteiger partial charge in [0.05, 0.1) is 13.1 Å². The quantitative estimate of drug-likeness (QED) is 0.299. The van der Waals surface area contributed by atoms with Crippen LogP contribution in [-0.4, -0.2) is 59.9 Å². The van der Waals surface area contributed by atoms with Crippen molar-refractivity contribution in [3.8, 4) is 0 Å². The SMILES string of the molecule is CCCNC(=O)CNC(=NC)NC1CCc2nc(COC)nn2C1.I. The number of methoxy groups -OCH3 is 1. The van der Waals surface area contributed by atoms with Crippen molar-refractivity contribution < 1.29 is 9.53 Å². The zero-order valence-corrected chi connectivity index (χ0v) is 17.4. The largest absolute Gasteiger partial charge is 0.377 e. The van der Waals surface area contributed by atoms with E-state index in [9.17, 15) is 4.79 Å². The van der Waals surface area contributed by atoms with Crippen molar-refractivity contribution >= 4 is 35.8 Å². The highest BCUT2D eigenvalue weighted by molar-refractivity contribution is 14.0. The van der Waals surface area contributed by atoms with Gasteiger partial charge in [0, 0.05) is 33.2 Å². The number of amides is 1. The Labute approximate surface area is 165 Å². The number of halogens is 1. The molecule has 1 amide bonds. The maximum absolute atomic E-state index is 11.7. The van der Waals surface area contributed by atoms with Gasteiger partial charge in [-0.15, -0.1) is 24.0 Å². The molecule has 1 aromatic rings. The van der Waals surface area contributed by atoms with Gasteiger partial charge in [0.25, 0.3) is 0 Å². The molecule has 3 N–H and O–H groups in total. The Bertz CT molecular complexity index is 576. The van der Waals surface area contributed by atoms with Crippen LogP contribution in [0.5, 0.6) is 0 Å². The van der Waals surface area contributed by atoms with Crippen molar-refractivity contribution in [3.63, 3.8) is 0 Å². The highest BCUT2D eigenvalue weighted by Gasteiger charge is 2.22. The van der Waals surface area contributed by atoms with E-state index in [1.54, 1.807) is 14.2 Å². The number of aromatic nitrogens is 3. The lowest BCUT2D eigenvalue weighted by atomic mass is 10.1. The minimum absolute atomic E-state index is 0. The first-order valence-corrected chi connectivity index (χ1v) is 8.31. The van der Waals surface area contributed by atoms with Crippen molar-refractivity contribution in [2.45, 2.75) is 45.4 Å². The number of aliphatic imine (C=N–C) groups is 1. The van der Waals surface area contributed by atoms with E-state index in [0.29, 0.717) is 24.9 Å². The summed E-state index contributed by atoms with van der Waals surface area (Å²) in [5.74, 6) is 2.28. The fourth-order valence-electron chi connectivity index (χ4n) is 2.55. The summed E-state index contributed by atoms with van der Waals surface area (Å²) >= 11 is 0. The molecule has 2 heterocycles. The van der Waals surface area contributed by atoms with Crippen molar-refractivity contribution in [2.75, 3.05) is 27.2 Å². The number of carbonyl (C=O) groups is 1. The van der Waals surface area contributed by atoms with Crippen molar-refractivity contribution in [1.82, 2.24) is 30.7 Å². The summed E-state index contributed by atoms with van der Waals surface area (Å²) in [6, 6.07) is 0.194. The molecule has 0 bridgehead atoms. The summed E-state index contributed by atoms with van der Waals surface area (Å²) in [6.45, 7) is 4.06. The van der Waals surface area contributed by atoms with Gasteiger partial charge in [-0.1, -0.05) is 6.92 Å². The summed E-state index contributed by atoms with van der Waals surface area (Å²) in [7, 11) is 3.33. The third kappa shape index (κ3) is 6.77. The number of guanidine groups is 1. The molecule has 1 atom stereocenters. The van der Waals surface area contributed by atoms with Gasteiger partial charge in [-0.25, -0.2) is 9.67 Å². The maximum atomic E-state index is 11.7. The second-order valence-electron chi connectivity index (χ2n) is 5.72. The van der Waals surface area contributed by atoms with Gasteiger partial charge in [-0.05, 0) is 12.8 Å². The van der Waals surface area contributed by atoms with Crippen LogP contribution < -0.4 is 16.0 Å². The molecule has 10 heteroatoms. The normalized spacial score (nSPS) is 16.6. The van der Waals surface area contributed by atoms with E-state index in [4.69, 9.17) is 4.74 Å². The van der Waals surface area contributed by atoms with Crippen LogP contribution in [0, 0.1) is 0 Å². The molecule has 1 unspecified atom stereocenters. The average molecular weight is 465 g/mol. The first kappa shape index (κ1) is 21.6. The monoisotopic (exact) mass is 465 g/mol. The van der Waals surface area contributed by atoms with Gasteiger partial charge in [0.15, 0.2) is 11.8 Å². The second-order valence-corrected chi connectivity index (χ2v) is 5.72. The third-order valence-electron chi connectivity index (χ3n) is 3.73. The van der Waals surface area contributed by atoms with E-state index in [1.807, 2.05) is 11.6 Å². The van der Waals surface area contributed by atoms with Crippen LogP contribution in [0.2, 0.25) is 0 Å². The molecule has 2 rings (SSSR count). The molecule has 0 spiro atoms. The highest BCUT2D eigenvalue weighted by atomic mass is 127. The lowest BCUT2D eigenvalue weighted by Crippen LogP contribution is -2.49. The maximum Gasteiger partial charge on any atom is 0.239 e.